The van der Waals surface area contributed by atoms with Crippen LogP contribution in [0.25, 0.3) is 22.1 Å². The van der Waals surface area contributed by atoms with E-state index in [2.05, 4.69) is 25.3 Å². The minimum atomic E-state index is -0.115. The molecule has 0 bridgehead atoms. The van der Waals surface area contributed by atoms with Gasteiger partial charge >= 0.3 is 0 Å². The predicted octanol–water partition coefficient (Wildman–Crippen LogP) is 1.19. The van der Waals surface area contributed by atoms with E-state index in [1.54, 1.807) is 18.7 Å². The van der Waals surface area contributed by atoms with Crippen molar-refractivity contribution < 1.29 is 4.79 Å². The number of hydrogen-bond acceptors (Lipinski definition) is 3. The van der Waals surface area contributed by atoms with Gasteiger partial charge < -0.3 is 15.3 Å². The Bertz CT molecular complexity index is 696. The molecule has 3 aromatic rings. The van der Waals surface area contributed by atoms with Crippen molar-refractivity contribution in [3.05, 3.63) is 24.3 Å². The Kier molecular flexibility index (Phi) is 2.07. The van der Waals surface area contributed by atoms with Gasteiger partial charge in [0.1, 0.15) is 11.2 Å². The second-order valence-corrected chi connectivity index (χ2v) is 3.71. The minimum Gasteiger partial charge on any atom is -0.352 e. The van der Waals surface area contributed by atoms with Crippen molar-refractivity contribution in [3.8, 4) is 0 Å². The number of nitrogens with one attached hydrogen (secondary N) is 3. The molecule has 6 heteroatoms. The number of hydrogen-bond donors (Lipinski definition) is 3. The number of fused-ring (bicyclic) bond motifs is 3. The molecule has 86 valence electrons. The normalized spacial score (nSPS) is 11.1. The van der Waals surface area contributed by atoms with Crippen molar-refractivity contribution in [1.29, 1.82) is 0 Å². The van der Waals surface area contributed by atoms with Crippen LogP contribution in [0.1, 0.15) is 17.3 Å². The van der Waals surface area contributed by atoms with Crippen molar-refractivity contribution in [2.45, 2.75) is 6.92 Å². The molecule has 0 radical (unpaired) electrons. The molecule has 0 aliphatic carbocycles. The Morgan fingerprint density at radius 2 is 2.29 bits per heavy atom. The van der Waals surface area contributed by atoms with Crippen LogP contribution in [0.15, 0.2) is 18.7 Å². The number of nitrogens with zero attached hydrogens (tertiary/aromatic N) is 2. The van der Waals surface area contributed by atoms with Gasteiger partial charge in [0.2, 0.25) is 0 Å². The summed E-state index contributed by atoms with van der Waals surface area (Å²) in [6.07, 6.45) is 4.96. The largest absolute Gasteiger partial charge is 0.352 e. The monoisotopic (exact) mass is 229 g/mol. The van der Waals surface area contributed by atoms with Crippen LogP contribution in [-0.4, -0.2) is 32.4 Å². The van der Waals surface area contributed by atoms with Gasteiger partial charge in [-0.3, -0.25) is 4.79 Å². The molecule has 0 aliphatic rings. The molecule has 0 spiro atoms. The predicted molar refractivity (Wildman–Crippen MR) is 63.8 cm³/mol. The summed E-state index contributed by atoms with van der Waals surface area (Å²) < 4.78 is 0. The number of carbonyl (C=O) groups excluding carboxylic acids is 1. The molecule has 1 amide bonds. The lowest BCUT2D eigenvalue weighted by Gasteiger charge is -2.00. The molecule has 3 aromatic heterocycles. The molecule has 0 saturated carbocycles. The second kappa shape index (κ2) is 3.58. The topological polar surface area (TPSA) is 86.5 Å². The summed E-state index contributed by atoms with van der Waals surface area (Å²) >= 11 is 0. The first kappa shape index (κ1) is 9.83. The molecule has 0 unspecified atom stereocenters. The Morgan fingerprint density at radius 1 is 1.41 bits per heavy atom. The fourth-order valence-electron chi connectivity index (χ4n) is 1.92. The van der Waals surface area contributed by atoms with Gasteiger partial charge in [0.05, 0.1) is 29.0 Å². The van der Waals surface area contributed by atoms with Crippen LogP contribution in [0, 0.1) is 0 Å². The van der Waals surface area contributed by atoms with Gasteiger partial charge in [-0.1, -0.05) is 0 Å². The highest BCUT2D eigenvalue weighted by Crippen LogP contribution is 2.23. The first-order valence-corrected chi connectivity index (χ1v) is 5.38. The zero-order valence-electron chi connectivity index (χ0n) is 9.24. The van der Waals surface area contributed by atoms with Gasteiger partial charge in [0, 0.05) is 12.7 Å². The molecule has 0 saturated heterocycles. The Morgan fingerprint density at radius 3 is 3.12 bits per heavy atom. The quantitative estimate of drug-likeness (QED) is 0.616. The van der Waals surface area contributed by atoms with E-state index in [1.165, 1.54) is 0 Å². The number of imidazole rings is 1. The molecular formula is C11H11N5O. The number of pyridine rings is 1. The maximum absolute atomic E-state index is 11.9. The van der Waals surface area contributed by atoms with E-state index in [0.29, 0.717) is 17.8 Å². The zero-order chi connectivity index (χ0) is 11.8. The highest BCUT2D eigenvalue weighted by molar-refractivity contribution is 6.14. The molecule has 0 fully saturated rings. The fourth-order valence-corrected chi connectivity index (χ4v) is 1.92. The average molecular weight is 229 g/mol. The van der Waals surface area contributed by atoms with Crippen LogP contribution in [0.2, 0.25) is 0 Å². The molecule has 3 rings (SSSR count). The molecule has 0 atom stereocenters. The van der Waals surface area contributed by atoms with Crippen molar-refractivity contribution in [1.82, 2.24) is 25.3 Å². The first-order valence-electron chi connectivity index (χ1n) is 5.38. The van der Waals surface area contributed by atoms with Crippen LogP contribution in [0.5, 0.6) is 0 Å². The summed E-state index contributed by atoms with van der Waals surface area (Å²) in [7, 11) is 0. The van der Waals surface area contributed by atoms with Crippen molar-refractivity contribution >= 4 is 28.0 Å². The van der Waals surface area contributed by atoms with Gasteiger partial charge in [-0.05, 0) is 6.92 Å². The van der Waals surface area contributed by atoms with Crippen LogP contribution in [-0.2, 0) is 0 Å². The summed E-state index contributed by atoms with van der Waals surface area (Å²) in [6, 6.07) is 0. The van der Waals surface area contributed by atoms with Crippen LogP contribution >= 0.6 is 0 Å². The number of aromatic amines is 2. The number of carbonyl (C=O) groups is 1. The SMILES string of the molecule is CCNC(=O)c1c[nH]c2ncc3[nH]cnc3c12. The standard InChI is InChI=1S/C11H11N5O/c1-2-12-11(17)6-3-13-10-8(6)9-7(4-14-10)15-5-16-9/h3-5H,2H2,1H3,(H,12,17)(H,13,14)(H,15,16). The molecular weight excluding hydrogens is 218 g/mol. The second-order valence-electron chi connectivity index (χ2n) is 3.71. The summed E-state index contributed by atoms with van der Waals surface area (Å²) in [5.74, 6) is -0.115. The fraction of sp³-hybridized carbons (Fsp3) is 0.182. The molecule has 0 aromatic carbocycles. The van der Waals surface area contributed by atoms with Crippen molar-refractivity contribution in [2.75, 3.05) is 6.54 Å². The minimum absolute atomic E-state index is 0.115. The molecule has 3 heterocycles. The van der Waals surface area contributed by atoms with Crippen molar-refractivity contribution in [3.63, 3.8) is 0 Å². The van der Waals surface area contributed by atoms with Gasteiger partial charge in [0.25, 0.3) is 5.91 Å². The summed E-state index contributed by atoms with van der Waals surface area (Å²) in [5, 5.41) is 3.53. The lowest BCUT2D eigenvalue weighted by Crippen LogP contribution is -2.22. The summed E-state index contributed by atoms with van der Waals surface area (Å²) in [6.45, 7) is 2.48. The van der Waals surface area contributed by atoms with Gasteiger partial charge in [-0.25, -0.2) is 9.97 Å². The van der Waals surface area contributed by atoms with Gasteiger partial charge in [-0.2, -0.15) is 0 Å². The highest BCUT2D eigenvalue weighted by Gasteiger charge is 2.15. The maximum Gasteiger partial charge on any atom is 0.253 e. The zero-order valence-corrected chi connectivity index (χ0v) is 9.24. The third kappa shape index (κ3) is 1.37. The van der Waals surface area contributed by atoms with Gasteiger partial charge in [0.15, 0.2) is 0 Å². The average Bonchev–Trinajstić information content (AvgIpc) is 2.94. The van der Waals surface area contributed by atoms with E-state index >= 15 is 0 Å². The summed E-state index contributed by atoms with van der Waals surface area (Å²) in [5.41, 5.74) is 2.83. The Labute approximate surface area is 96.5 Å². The molecule has 0 aliphatic heterocycles. The van der Waals surface area contributed by atoms with Crippen LogP contribution < -0.4 is 5.32 Å². The Hall–Kier alpha value is -2.37. The van der Waals surface area contributed by atoms with E-state index in [-0.39, 0.29) is 5.91 Å². The van der Waals surface area contributed by atoms with E-state index in [0.717, 1.165) is 16.4 Å². The van der Waals surface area contributed by atoms with E-state index in [9.17, 15) is 4.79 Å². The molecule has 6 nitrogen and oxygen atoms in total. The third-order valence-corrected chi connectivity index (χ3v) is 2.67. The van der Waals surface area contributed by atoms with E-state index < -0.39 is 0 Å². The van der Waals surface area contributed by atoms with E-state index in [1.807, 2.05) is 6.92 Å². The molecule has 3 N–H and O–H groups in total. The lowest BCUT2D eigenvalue weighted by molar-refractivity contribution is 0.0957. The number of aromatic nitrogens is 4. The Balaban J connectivity index is 2.31. The lowest BCUT2D eigenvalue weighted by atomic mass is 10.2. The van der Waals surface area contributed by atoms with Crippen LogP contribution in [0.4, 0.5) is 0 Å². The maximum atomic E-state index is 11.9. The number of rotatable bonds is 2. The first-order chi connectivity index (χ1) is 8.31. The third-order valence-electron chi connectivity index (χ3n) is 2.67. The smallest absolute Gasteiger partial charge is 0.253 e. The van der Waals surface area contributed by atoms with E-state index in [4.69, 9.17) is 0 Å². The van der Waals surface area contributed by atoms with Crippen molar-refractivity contribution in [2.24, 2.45) is 0 Å². The van der Waals surface area contributed by atoms with Gasteiger partial charge in [-0.15, -0.1) is 0 Å². The number of amides is 1. The number of H-pyrrole nitrogens is 2. The highest BCUT2D eigenvalue weighted by atomic mass is 16.1. The molecule has 17 heavy (non-hydrogen) atoms. The summed E-state index contributed by atoms with van der Waals surface area (Å²) in [4.78, 5) is 26.3. The van der Waals surface area contributed by atoms with Crippen LogP contribution in [0.3, 0.4) is 0 Å².